The topological polar surface area (TPSA) is 76.2 Å². The molecule has 2 aromatic rings. The lowest BCUT2D eigenvalue weighted by Gasteiger charge is -2.54. The first-order valence-electron chi connectivity index (χ1n) is 13.7. The number of hydrazine groups is 1. The predicted octanol–water partition coefficient (Wildman–Crippen LogP) is 3.70. The highest BCUT2D eigenvalue weighted by atomic mass is 19.1. The average molecular weight is 534 g/mol. The van der Waals surface area contributed by atoms with E-state index in [0.29, 0.717) is 13.0 Å². The minimum absolute atomic E-state index is 0.00801. The van der Waals surface area contributed by atoms with Gasteiger partial charge in [-0.2, -0.15) is 0 Å². The van der Waals surface area contributed by atoms with Crippen molar-refractivity contribution in [2.24, 2.45) is 0 Å². The zero-order chi connectivity index (χ0) is 27.4. The molecule has 0 saturated carbocycles. The van der Waals surface area contributed by atoms with Crippen LogP contribution in [0.5, 0.6) is 0 Å². The van der Waals surface area contributed by atoms with E-state index in [9.17, 15) is 18.8 Å². The Morgan fingerprint density at radius 3 is 2.51 bits per heavy atom. The molecule has 2 atom stereocenters. The summed E-state index contributed by atoms with van der Waals surface area (Å²) in [5.74, 6) is -0.583. The first-order valence-corrected chi connectivity index (χ1v) is 13.7. The molecule has 9 heteroatoms. The number of fused-ring (bicyclic) bond motifs is 1. The van der Waals surface area contributed by atoms with Crippen LogP contribution in [0.25, 0.3) is 0 Å². The van der Waals surface area contributed by atoms with Crippen molar-refractivity contribution in [2.45, 2.75) is 57.3 Å². The number of hydrogen-bond acceptors (Lipinski definition) is 4. The lowest BCUT2D eigenvalue weighted by Crippen LogP contribution is -2.76. The van der Waals surface area contributed by atoms with E-state index in [0.717, 1.165) is 30.4 Å². The first kappa shape index (κ1) is 26.9. The fraction of sp³-hybridized carbons (Fsp3) is 0.433. The van der Waals surface area contributed by atoms with Crippen molar-refractivity contribution in [3.05, 3.63) is 83.2 Å². The molecule has 1 N–H and O–H groups in total. The minimum Gasteiger partial charge on any atom is -0.337 e. The number of urea groups is 1. The van der Waals surface area contributed by atoms with Crippen molar-refractivity contribution in [1.82, 2.24) is 25.1 Å². The van der Waals surface area contributed by atoms with Crippen molar-refractivity contribution in [2.75, 3.05) is 26.7 Å². The number of piperazine rings is 1. The Balaban J connectivity index is 1.39. The Hall–Kier alpha value is -3.72. The van der Waals surface area contributed by atoms with Gasteiger partial charge in [0.15, 0.2) is 0 Å². The quantitative estimate of drug-likeness (QED) is 0.551. The summed E-state index contributed by atoms with van der Waals surface area (Å²) in [5, 5.41) is 6.10. The van der Waals surface area contributed by atoms with Gasteiger partial charge in [-0.25, -0.2) is 19.2 Å². The van der Waals surface area contributed by atoms with E-state index in [4.69, 9.17) is 0 Å². The number of benzene rings is 2. The third kappa shape index (κ3) is 6.14. The molecule has 2 aromatic carbocycles. The normalized spacial score (nSPS) is 22.0. The number of halogens is 1. The van der Waals surface area contributed by atoms with Gasteiger partial charge >= 0.3 is 6.03 Å². The van der Waals surface area contributed by atoms with Crippen LogP contribution < -0.4 is 5.32 Å². The Morgan fingerprint density at radius 1 is 1.03 bits per heavy atom. The Bertz CT molecular complexity index is 1220. The number of amides is 4. The molecule has 2 saturated heterocycles. The molecular weight excluding hydrogens is 497 g/mol. The molecule has 39 heavy (non-hydrogen) atoms. The summed E-state index contributed by atoms with van der Waals surface area (Å²) in [5.41, 5.74) is 3.10. The van der Waals surface area contributed by atoms with E-state index in [2.05, 4.69) is 11.4 Å². The summed E-state index contributed by atoms with van der Waals surface area (Å²) in [6.45, 7) is 1.01. The van der Waals surface area contributed by atoms with Gasteiger partial charge < -0.3 is 15.1 Å². The molecule has 0 bridgehead atoms. The van der Waals surface area contributed by atoms with Crippen LogP contribution in [0.4, 0.5) is 9.18 Å². The highest BCUT2D eigenvalue weighted by Gasteiger charge is 2.50. The number of nitrogens with one attached hydrogen (secondary N) is 1. The Morgan fingerprint density at radius 2 is 1.79 bits per heavy atom. The molecule has 0 radical (unpaired) electrons. The molecule has 2 fully saturated rings. The SMILES string of the molecule is CN1CC(=O)N2[C@@H](Cc3ccccc3)C(=O)N(CCC3=CCCCC3)C[C@@H]2N1C(=O)NCc1ccc(F)cc1. The van der Waals surface area contributed by atoms with Crippen molar-refractivity contribution < 1.29 is 18.8 Å². The molecule has 3 aliphatic rings. The molecule has 1 aliphatic carbocycles. The van der Waals surface area contributed by atoms with Crippen molar-refractivity contribution >= 4 is 17.8 Å². The molecule has 0 spiro atoms. The maximum atomic E-state index is 13.8. The standard InChI is InChI=1S/C30H36FN5O3/c1-33-21-28(37)35-26(18-23-10-6-3-7-11-23)29(38)34(17-16-22-8-4-2-5-9-22)20-27(35)36(33)30(39)32-19-24-12-14-25(31)15-13-24/h3,6-8,10-15,26-27H,2,4-5,9,16-21H2,1H3,(H,32,39)/t26-,27-/m0/s1. The van der Waals surface area contributed by atoms with Gasteiger partial charge in [-0.05, 0) is 55.4 Å². The van der Waals surface area contributed by atoms with Gasteiger partial charge in [-0.1, -0.05) is 54.1 Å². The largest absolute Gasteiger partial charge is 0.337 e. The zero-order valence-electron chi connectivity index (χ0n) is 22.4. The van der Waals surface area contributed by atoms with Gasteiger partial charge in [0.05, 0.1) is 13.1 Å². The minimum atomic E-state index is -0.694. The molecule has 5 rings (SSSR count). The fourth-order valence-electron chi connectivity index (χ4n) is 5.81. The highest BCUT2D eigenvalue weighted by Crippen LogP contribution is 2.29. The fourth-order valence-corrected chi connectivity index (χ4v) is 5.81. The summed E-state index contributed by atoms with van der Waals surface area (Å²) in [4.78, 5) is 44.2. The van der Waals surface area contributed by atoms with Crippen LogP contribution in [-0.2, 0) is 22.6 Å². The Kier molecular flexibility index (Phi) is 8.26. The molecular formula is C30H36FN5O3. The number of rotatable bonds is 7. The van der Waals surface area contributed by atoms with E-state index in [1.807, 2.05) is 35.2 Å². The molecule has 2 heterocycles. The molecule has 2 aliphatic heterocycles. The third-order valence-corrected chi connectivity index (χ3v) is 7.86. The first-order chi connectivity index (χ1) is 18.9. The molecule has 0 aromatic heterocycles. The van der Waals surface area contributed by atoms with Crippen LogP contribution in [0.2, 0.25) is 0 Å². The predicted molar refractivity (Wildman–Crippen MR) is 145 cm³/mol. The second kappa shape index (κ2) is 12.0. The maximum absolute atomic E-state index is 13.8. The van der Waals surface area contributed by atoms with E-state index in [-0.39, 0.29) is 43.3 Å². The number of likely N-dealkylation sites (N-methyl/N-ethyl adjacent to an activating group) is 1. The second-order valence-electron chi connectivity index (χ2n) is 10.6. The Labute approximate surface area is 229 Å². The molecule has 8 nitrogen and oxygen atoms in total. The number of hydrogen-bond donors (Lipinski definition) is 1. The number of carbonyl (C=O) groups excluding carboxylic acids is 3. The van der Waals surface area contributed by atoms with Gasteiger partial charge in [-0.3, -0.25) is 9.59 Å². The smallest absolute Gasteiger partial charge is 0.334 e. The summed E-state index contributed by atoms with van der Waals surface area (Å²) in [6, 6.07) is 14.6. The molecule has 206 valence electrons. The lowest BCUT2D eigenvalue weighted by atomic mass is 9.95. The van der Waals surface area contributed by atoms with Crippen molar-refractivity contribution in [3.8, 4) is 0 Å². The number of nitrogens with zero attached hydrogens (tertiary/aromatic N) is 4. The van der Waals surface area contributed by atoms with Crippen LogP contribution in [0, 0.1) is 5.82 Å². The van der Waals surface area contributed by atoms with Crippen LogP contribution in [0.15, 0.2) is 66.2 Å². The average Bonchev–Trinajstić information content (AvgIpc) is 2.94. The van der Waals surface area contributed by atoms with E-state index < -0.39 is 12.2 Å². The number of carbonyl (C=O) groups is 3. The monoisotopic (exact) mass is 533 g/mol. The van der Waals surface area contributed by atoms with E-state index >= 15 is 0 Å². The summed E-state index contributed by atoms with van der Waals surface area (Å²) < 4.78 is 13.3. The number of allylic oxidation sites excluding steroid dienone is 1. The van der Waals surface area contributed by atoms with Crippen molar-refractivity contribution in [1.29, 1.82) is 0 Å². The van der Waals surface area contributed by atoms with Crippen LogP contribution in [-0.4, -0.2) is 76.6 Å². The van der Waals surface area contributed by atoms with E-state index in [1.165, 1.54) is 30.5 Å². The van der Waals surface area contributed by atoms with Gasteiger partial charge in [0.2, 0.25) is 11.8 Å². The van der Waals surface area contributed by atoms with Crippen LogP contribution in [0.3, 0.4) is 0 Å². The lowest BCUT2D eigenvalue weighted by molar-refractivity contribution is -0.186. The van der Waals surface area contributed by atoms with E-state index in [1.54, 1.807) is 34.1 Å². The van der Waals surface area contributed by atoms with Gasteiger partial charge in [-0.15, -0.1) is 0 Å². The molecule has 4 amide bonds. The van der Waals surface area contributed by atoms with Crippen LogP contribution in [0.1, 0.15) is 43.2 Å². The van der Waals surface area contributed by atoms with Gasteiger partial charge in [0, 0.05) is 26.6 Å². The van der Waals surface area contributed by atoms with Crippen LogP contribution >= 0.6 is 0 Å². The maximum Gasteiger partial charge on any atom is 0.334 e. The zero-order valence-corrected chi connectivity index (χ0v) is 22.4. The summed E-state index contributed by atoms with van der Waals surface area (Å²) in [6.07, 6.45) is 7.37. The van der Waals surface area contributed by atoms with Gasteiger partial charge in [0.1, 0.15) is 18.0 Å². The van der Waals surface area contributed by atoms with Gasteiger partial charge in [0.25, 0.3) is 0 Å². The second-order valence-corrected chi connectivity index (χ2v) is 10.6. The highest BCUT2D eigenvalue weighted by molar-refractivity contribution is 5.91. The third-order valence-electron chi connectivity index (χ3n) is 7.86. The summed E-state index contributed by atoms with van der Waals surface area (Å²) in [7, 11) is 1.71. The van der Waals surface area contributed by atoms with Crippen molar-refractivity contribution in [3.63, 3.8) is 0 Å². The summed E-state index contributed by atoms with van der Waals surface area (Å²) >= 11 is 0. The molecule has 0 unspecified atom stereocenters.